The van der Waals surface area contributed by atoms with Crippen LogP contribution in [-0.4, -0.2) is 12.5 Å². The molecule has 0 fully saturated rings. The highest BCUT2D eigenvalue weighted by Crippen LogP contribution is 2.19. The Kier molecular flexibility index (Phi) is 6.52. The average Bonchev–Trinajstić information content (AvgIpc) is 2.50. The topological polar surface area (TPSA) is 29.1 Å². The SMILES string of the molecule is Cc1ccc(CCCC(=O)NCCC2=CCCCC2)cc1. The summed E-state index contributed by atoms with van der Waals surface area (Å²) in [6.45, 7) is 2.90. The second-order valence-corrected chi connectivity index (χ2v) is 6.05. The van der Waals surface area contributed by atoms with Crippen LogP contribution >= 0.6 is 0 Å². The van der Waals surface area contributed by atoms with Crippen LogP contribution in [0.3, 0.4) is 0 Å². The third-order valence-electron chi connectivity index (χ3n) is 4.14. The molecule has 0 heterocycles. The normalized spacial score (nSPS) is 14.6. The summed E-state index contributed by atoms with van der Waals surface area (Å²) in [7, 11) is 0. The maximum Gasteiger partial charge on any atom is 0.220 e. The summed E-state index contributed by atoms with van der Waals surface area (Å²) in [6, 6.07) is 8.58. The lowest BCUT2D eigenvalue weighted by atomic mass is 9.97. The Morgan fingerprint density at radius 2 is 1.95 bits per heavy atom. The standard InChI is InChI=1S/C19H27NO/c1-16-10-12-18(13-11-16)8-5-9-19(21)20-15-14-17-6-3-2-4-7-17/h6,10-13H,2-5,7-9,14-15H2,1H3,(H,20,21). The van der Waals surface area contributed by atoms with Crippen LogP contribution in [0.4, 0.5) is 0 Å². The molecule has 0 atom stereocenters. The fraction of sp³-hybridized carbons (Fsp3) is 0.526. The van der Waals surface area contributed by atoms with Crippen molar-refractivity contribution in [3.05, 3.63) is 47.0 Å². The fourth-order valence-corrected chi connectivity index (χ4v) is 2.79. The number of aryl methyl sites for hydroxylation is 2. The number of hydrogen-bond donors (Lipinski definition) is 1. The van der Waals surface area contributed by atoms with Crippen molar-refractivity contribution in [2.75, 3.05) is 6.54 Å². The van der Waals surface area contributed by atoms with Gasteiger partial charge in [-0.2, -0.15) is 0 Å². The van der Waals surface area contributed by atoms with Crippen molar-refractivity contribution in [1.29, 1.82) is 0 Å². The molecule has 0 aliphatic heterocycles. The van der Waals surface area contributed by atoms with Gasteiger partial charge in [-0.05, 0) is 57.4 Å². The maximum atomic E-state index is 11.8. The van der Waals surface area contributed by atoms with E-state index in [1.54, 1.807) is 0 Å². The third-order valence-corrected chi connectivity index (χ3v) is 4.14. The number of rotatable bonds is 7. The highest BCUT2D eigenvalue weighted by Gasteiger charge is 2.05. The number of carbonyl (C=O) groups excluding carboxylic acids is 1. The van der Waals surface area contributed by atoms with Crippen LogP contribution in [0, 0.1) is 6.92 Å². The van der Waals surface area contributed by atoms with Gasteiger partial charge in [0.05, 0.1) is 0 Å². The average molecular weight is 285 g/mol. The van der Waals surface area contributed by atoms with Crippen molar-refractivity contribution in [1.82, 2.24) is 5.32 Å². The van der Waals surface area contributed by atoms with Gasteiger partial charge in [0.25, 0.3) is 0 Å². The summed E-state index contributed by atoms with van der Waals surface area (Å²) < 4.78 is 0. The molecule has 2 rings (SSSR count). The zero-order chi connectivity index (χ0) is 14.9. The monoisotopic (exact) mass is 285 g/mol. The molecule has 0 spiro atoms. The molecule has 1 aromatic carbocycles. The van der Waals surface area contributed by atoms with E-state index in [0.29, 0.717) is 6.42 Å². The highest BCUT2D eigenvalue weighted by molar-refractivity contribution is 5.75. The first kappa shape index (κ1) is 15.8. The molecule has 1 aliphatic rings. The Labute approximate surface area is 128 Å². The number of benzene rings is 1. The Hall–Kier alpha value is -1.57. The van der Waals surface area contributed by atoms with E-state index in [9.17, 15) is 4.79 Å². The van der Waals surface area contributed by atoms with Crippen molar-refractivity contribution >= 4 is 5.91 Å². The summed E-state index contributed by atoms with van der Waals surface area (Å²) in [4.78, 5) is 11.8. The van der Waals surface area contributed by atoms with Gasteiger partial charge in [0.2, 0.25) is 5.91 Å². The molecule has 114 valence electrons. The molecule has 2 heteroatoms. The molecular weight excluding hydrogens is 258 g/mol. The molecule has 0 bridgehead atoms. The molecule has 1 amide bonds. The third kappa shape index (κ3) is 6.16. The Bertz CT molecular complexity index is 473. The first-order chi connectivity index (χ1) is 10.2. The van der Waals surface area contributed by atoms with E-state index in [0.717, 1.165) is 25.8 Å². The second-order valence-electron chi connectivity index (χ2n) is 6.05. The molecule has 21 heavy (non-hydrogen) atoms. The molecule has 0 unspecified atom stereocenters. The Morgan fingerprint density at radius 1 is 1.14 bits per heavy atom. The van der Waals surface area contributed by atoms with Gasteiger partial charge in [0, 0.05) is 13.0 Å². The van der Waals surface area contributed by atoms with Gasteiger partial charge >= 0.3 is 0 Å². The van der Waals surface area contributed by atoms with E-state index in [4.69, 9.17) is 0 Å². The van der Waals surface area contributed by atoms with Crippen LogP contribution in [0.15, 0.2) is 35.9 Å². The number of nitrogens with one attached hydrogen (secondary N) is 1. The van der Waals surface area contributed by atoms with Crippen LogP contribution in [0.2, 0.25) is 0 Å². The summed E-state index contributed by atoms with van der Waals surface area (Å²) >= 11 is 0. The van der Waals surface area contributed by atoms with Gasteiger partial charge in [-0.25, -0.2) is 0 Å². The molecule has 0 saturated carbocycles. The minimum absolute atomic E-state index is 0.193. The summed E-state index contributed by atoms with van der Waals surface area (Å²) in [5, 5.41) is 3.05. The van der Waals surface area contributed by atoms with Gasteiger partial charge in [-0.1, -0.05) is 41.5 Å². The summed E-state index contributed by atoms with van der Waals surface area (Å²) in [6.07, 6.45) is 11.0. The quantitative estimate of drug-likeness (QED) is 0.742. The molecule has 0 aromatic heterocycles. The molecule has 0 saturated heterocycles. The van der Waals surface area contributed by atoms with E-state index >= 15 is 0 Å². The van der Waals surface area contributed by atoms with Crippen LogP contribution in [0.1, 0.15) is 56.1 Å². The zero-order valence-corrected chi connectivity index (χ0v) is 13.2. The molecule has 1 N–H and O–H groups in total. The van der Waals surface area contributed by atoms with Crippen LogP contribution < -0.4 is 5.32 Å². The molecule has 2 nitrogen and oxygen atoms in total. The van der Waals surface area contributed by atoms with Crippen molar-refractivity contribution in [2.24, 2.45) is 0 Å². The fourth-order valence-electron chi connectivity index (χ4n) is 2.79. The van der Waals surface area contributed by atoms with Gasteiger partial charge in [0.1, 0.15) is 0 Å². The number of hydrogen-bond acceptors (Lipinski definition) is 1. The van der Waals surface area contributed by atoms with Crippen LogP contribution in [0.25, 0.3) is 0 Å². The Balaban J connectivity index is 1.57. The highest BCUT2D eigenvalue weighted by atomic mass is 16.1. The zero-order valence-electron chi connectivity index (χ0n) is 13.2. The van der Waals surface area contributed by atoms with Crippen molar-refractivity contribution in [2.45, 2.75) is 58.3 Å². The Morgan fingerprint density at radius 3 is 2.67 bits per heavy atom. The van der Waals surface area contributed by atoms with Crippen molar-refractivity contribution in [3.63, 3.8) is 0 Å². The first-order valence-corrected chi connectivity index (χ1v) is 8.24. The summed E-state index contributed by atoms with van der Waals surface area (Å²) in [5.74, 6) is 0.193. The number of carbonyl (C=O) groups is 1. The van der Waals surface area contributed by atoms with E-state index < -0.39 is 0 Å². The van der Waals surface area contributed by atoms with Gasteiger partial charge < -0.3 is 5.32 Å². The predicted molar refractivity (Wildman–Crippen MR) is 88.3 cm³/mol. The lowest BCUT2D eigenvalue weighted by Gasteiger charge is -2.12. The van der Waals surface area contributed by atoms with Gasteiger partial charge in [0.15, 0.2) is 0 Å². The predicted octanol–water partition coefficient (Wildman–Crippen LogP) is 4.32. The van der Waals surface area contributed by atoms with E-state index in [1.807, 2.05) is 0 Å². The smallest absolute Gasteiger partial charge is 0.220 e. The van der Waals surface area contributed by atoms with Crippen molar-refractivity contribution < 1.29 is 4.79 Å². The molecular formula is C19H27NO. The van der Waals surface area contributed by atoms with E-state index in [2.05, 4.69) is 42.6 Å². The molecule has 0 radical (unpaired) electrons. The minimum Gasteiger partial charge on any atom is -0.356 e. The lowest BCUT2D eigenvalue weighted by Crippen LogP contribution is -2.24. The second kappa shape index (κ2) is 8.66. The first-order valence-electron chi connectivity index (χ1n) is 8.24. The molecule has 1 aliphatic carbocycles. The molecule has 1 aromatic rings. The number of amides is 1. The number of allylic oxidation sites excluding steroid dienone is 1. The maximum absolute atomic E-state index is 11.8. The largest absolute Gasteiger partial charge is 0.356 e. The van der Waals surface area contributed by atoms with E-state index in [1.165, 1.54) is 42.4 Å². The van der Waals surface area contributed by atoms with Crippen molar-refractivity contribution in [3.8, 4) is 0 Å². The van der Waals surface area contributed by atoms with Crippen LogP contribution in [-0.2, 0) is 11.2 Å². The van der Waals surface area contributed by atoms with Gasteiger partial charge in [-0.3, -0.25) is 4.79 Å². The lowest BCUT2D eigenvalue weighted by molar-refractivity contribution is -0.121. The minimum atomic E-state index is 0.193. The summed E-state index contributed by atoms with van der Waals surface area (Å²) in [5.41, 5.74) is 4.13. The van der Waals surface area contributed by atoms with Crippen LogP contribution in [0.5, 0.6) is 0 Å². The van der Waals surface area contributed by atoms with Gasteiger partial charge in [-0.15, -0.1) is 0 Å². The van der Waals surface area contributed by atoms with E-state index in [-0.39, 0.29) is 5.91 Å².